The van der Waals surface area contributed by atoms with Crippen molar-refractivity contribution in [3.05, 3.63) is 29.8 Å². The van der Waals surface area contributed by atoms with E-state index in [1.54, 1.807) is 0 Å². The molecule has 1 aromatic rings. The van der Waals surface area contributed by atoms with Crippen LogP contribution in [0.25, 0.3) is 0 Å². The van der Waals surface area contributed by atoms with Gasteiger partial charge in [-0.25, -0.2) is 8.78 Å². The van der Waals surface area contributed by atoms with Crippen LogP contribution >= 0.6 is 0 Å². The van der Waals surface area contributed by atoms with Gasteiger partial charge in [0.05, 0.1) is 13.2 Å². The SMILES string of the molecule is O=C(CN1CCC[C@@H]1CO)Nc1cc(F)cc(F)c1. The molecular weight excluding hydrogens is 254 g/mol. The summed E-state index contributed by atoms with van der Waals surface area (Å²) in [5.41, 5.74) is 0.0993. The molecule has 0 unspecified atom stereocenters. The lowest BCUT2D eigenvalue weighted by molar-refractivity contribution is -0.117. The number of halogens is 2. The van der Waals surface area contributed by atoms with Crippen LogP contribution in [0.1, 0.15) is 12.8 Å². The van der Waals surface area contributed by atoms with Gasteiger partial charge in [-0.05, 0) is 31.5 Å². The number of rotatable bonds is 4. The molecule has 0 spiro atoms. The number of benzene rings is 1. The van der Waals surface area contributed by atoms with Gasteiger partial charge in [0, 0.05) is 17.8 Å². The Labute approximate surface area is 110 Å². The van der Waals surface area contributed by atoms with E-state index in [1.165, 1.54) is 0 Å². The summed E-state index contributed by atoms with van der Waals surface area (Å²) in [4.78, 5) is 13.6. The van der Waals surface area contributed by atoms with Crippen molar-refractivity contribution in [2.75, 3.05) is 25.0 Å². The molecule has 1 fully saturated rings. The summed E-state index contributed by atoms with van der Waals surface area (Å²) in [5, 5.41) is 11.6. The summed E-state index contributed by atoms with van der Waals surface area (Å²) in [6.45, 7) is 0.876. The van der Waals surface area contributed by atoms with Gasteiger partial charge < -0.3 is 10.4 Å². The fourth-order valence-corrected chi connectivity index (χ4v) is 2.32. The Bertz CT molecular complexity index is 448. The fourth-order valence-electron chi connectivity index (χ4n) is 2.32. The lowest BCUT2D eigenvalue weighted by atomic mass is 10.2. The first kappa shape index (κ1) is 13.9. The second-order valence-electron chi connectivity index (χ2n) is 4.66. The highest BCUT2D eigenvalue weighted by atomic mass is 19.1. The summed E-state index contributed by atoms with van der Waals surface area (Å²) in [5.74, 6) is -1.81. The van der Waals surface area contributed by atoms with Crippen molar-refractivity contribution in [2.24, 2.45) is 0 Å². The second-order valence-corrected chi connectivity index (χ2v) is 4.66. The number of anilines is 1. The van der Waals surface area contributed by atoms with Crippen LogP contribution in [-0.2, 0) is 4.79 Å². The first-order chi connectivity index (χ1) is 9.08. The molecule has 1 amide bonds. The van der Waals surface area contributed by atoms with Crippen molar-refractivity contribution in [1.82, 2.24) is 4.90 Å². The Kier molecular flexibility index (Phi) is 4.44. The van der Waals surface area contributed by atoms with Gasteiger partial charge in [-0.2, -0.15) is 0 Å². The Morgan fingerprint density at radius 2 is 2.05 bits per heavy atom. The van der Waals surface area contributed by atoms with Crippen molar-refractivity contribution in [3.8, 4) is 0 Å². The summed E-state index contributed by atoms with van der Waals surface area (Å²) in [6, 6.07) is 2.87. The van der Waals surface area contributed by atoms with Gasteiger partial charge >= 0.3 is 0 Å². The second kappa shape index (κ2) is 6.08. The average molecular weight is 270 g/mol. The maximum absolute atomic E-state index is 13.0. The van der Waals surface area contributed by atoms with Gasteiger partial charge in [0.15, 0.2) is 0 Å². The van der Waals surface area contributed by atoms with Crippen LogP contribution in [-0.4, -0.2) is 41.7 Å². The van der Waals surface area contributed by atoms with E-state index in [0.29, 0.717) is 0 Å². The third kappa shape index (κ3) is 3.71. The number of amides is 1. The van der Waals surface area contributed by atoms with Gasteiger partial charge in [0.2, 0.25) is 5.91 Å². The van der Waals surface area contributed by atoms with Crippen LogP contribution in [0.4, 0.5) is 14.5 Å². The van der Waals surface area contributed by atoms with Gasteiger partial charge in [0.25, 0.3) is 0 Å². The largest absolute Gasteiger partial charge is 0.395 e. The van der Waals surface area contributed by atoms with E-state index in [0.717, 1.165) is 37.6 Å². The maximum atomic E-state index is 13.0. The highest BCUT2D eigenvalue weighted by Crippen LogP contribution is 2.17. The molecule has 0 aromatic heterocycles. The first-order valence-electron chi connectivity index (χ1n) is 6.19. The molecule has 1 heterocycles. The standard InChI is InChI=1S/C13H16F2N2O2/c14-9-4-10(15)6-11(5-9)16-13(19)7-17-3-1-2-12(17)8-18/h4-6,12,18H,1-3,7-8H2,(H,16,19)/t12-/m1/s1. The smallest absolute Gasteiger partial charge is 0.238 e. The molecular formula is C13H16F2N2O2. The summed E-state index contributed by atoms with van der Waals surface area (Å²) in [6.07, 6.45) is 1.80. The van der Waals surface area contributed by atoms with E-state index in [2.05, 4.69) is 5.32 Å². The normalized spacial score (nSPS) is 19.6. The minimum atomic E-state index is -0.732. The quantitative estimate of drug-likeness (QED) is 0.868. The molecule has 1 aliphatic rings. The van der Waals surface area contributed by atoms with Crippen LogP contribution in [0.3, 0.4) is 0 Å². The molecule has 0 saturated carbocycles. The predicted molar refractivity (Wildman–Crippen MR) is 66.7 cm³/mol. The summed E-state index contributed by atoms with van der Waals surface area (Å²) in [7, 11) is 0. The maximum Gasteiger partial charge on any atom is 0.238 e. The van der Waals surface area contributed by atoms with Crippen LogP contribution < -0.4 is 5.32 Å². The number of aliphatic hydroxyl groups excluding tert-OH is 1. The minimum Gasteiger partial charge on any atom is -0.395 e. The summed E-state index contributed by atoms with van der Waals surface area (Å²) >= 11 is 0. The molecule has 0 radical (unpaired) electrons. The Morgan fingerprint density at radius 1 is 1.37 bits per heavy atom. The molecule has 2 rings (SSSR count). The Balaban J connectivity index is 1.93. The van der Waals surface area contributed by atoms with Crippen LogP contribution in [0.5, 0.6) is 0 Å². The van der Waals surface area contributed by atoms with Crippen molar-refractivity contribution in [2.45, 2.75) is 18.9 Å². The van der Waals surface area contributed by atoms with E-state index in [9.17, 15) is 13.6 Å². The van der Waals surface area contributed by atoms with Crippen LogP contribution in [0, 0.1) is 11.6 Å². The van der Waals surface area contributed by atoms with Gasteiger partial charge in [-0.15, -0.1) is 0 Å². The molecule has 4 nitrogen and oxygen atoms in total. The molecule has 2 N–H and O–H groups in total. The Morgan fingerprint density at radius 3 is 2.68 bits per heavy atom. The Hall–Kier alpha value is -1.53. The van der Waals surface area contributed by atoms with Gasteiger partial charge in [-0.3, -0.25) is 9.69 Å². The van der Waals surface area contributed by atoms with Gasteiger partial charge in [-0.1, -0.05) is 0 Å². The average Bonchev–Trinajstić information content (AvgIpc) is 2.74. The predicted octanol–water partition coefficient (Wildman–Crippen LogP) is 1.36. The third-order valence-corrected chi connectivity index (χ3v) is 3.20. The molecule has 1 aromatic carbocycles. The number of carbonyl (C=O) groups is 1. The lowest BCUT2D eigenvalue weighted by Gasteiger charge is -2.21. The lowest BCUT2D eigenvalue weighted by Crippen LogP contribution is -2.38. The van der Waals surface area contributed by atoms with Crippen LogP contribution in [0.15, 0.2) is 18.2 Å². The molecule has 6 heteroatoms. The zero-order chi connectivity index (χ0) is 13.8. The molecule has 0 bridgehead atoms. The molecule has 104 valence electrons. The van der Waals surface area contributed by atoms with E-state index >= 15 is 0 Å². The van der Waals surface area contributed by atoms with E-state index in [-0.39, 0.29) is 30.8 Å². The molecule has 0 aliphatic carbocycles. The topological polar surface area (TPSA) is 52.6 Å². The molecule has 1 aliphatic heterocycles. The number of aliphatic hydroxyl groups is 1. The van der Waals surface area contributed by atoms with E-state index in [1.807, 2.05) is 4.90 Å². The molecule has 1 saturated heterocycles. The summed E-state index contributed by atoms with van der Waals surface area (Å²) < 4.78 is 25.9. The van der Waals surface area contributed by atoms with Crippen molar-refractivity contribution < 1.29 is 18.7 Å². The molecule has 1 atom stereocenters. The zero-order valence-electron chi connectivity index (χ0n) is 10.4. The number of nitrogens with zero attached hydrogens (tertiary/aromatic N) is 1. The molecule has 19 heavy (non-hydrogen) atoms. The number of hydrogen-bond acceptors (Lipinski definition) is 3. The highest BCUT2D eigenvalue weighted by Gasteiger charge is 2.25. The number of likely N-dealkylation sites (tertiary alicyclic amines) is 1. The van der Waals surface area contributed by atoms with E-state index < -0.39 is 11.6 Å². The fraction of sp³-hybridized carbons (Fsp3) is 0.462. The zero-order valence-corrected chi connectivity index (χ0v) is 10.4. The van der Waals surface area contributed by atoms with Crippen LogP contribution in [0.2, 0.25) is 0 Å². The highest BCUT2D eigenvalue weighted by molar-refractivity contribution is 5.92. The van der Waals surface area contributed by atoms with Crippen molar-refractivity contribution in [3.63, 3.8) is 0 Å². The number of carbonyl (C=O) groups excluding carboxylic acids is 1. The monoisotopic (exact) mass is 270 g/mol. The number of hydrogen-bond donors (Lipinski definition) is 2. The minimum absolute atomic E-state index is 0.00463. The third-order valence-electron chi connectivity index (χ3n) is 3.20. The van der Waals surface area contributed by atoms with Crippen molar-refractivity contribution >= 4 is 11.6 Å². The number of nitrogens with one attached hydrogen (secondary N) is 1. The van der Waals surface area contributed by atoms with E-state index in [4.69, 9.17) is 5.11 Å². The first-order valence-corrected chi connectivity index (χ1v) is 6.19. The van der Waals surface area contributed by atoms with Gasteiger partial charge in [0.1, 0.15) is 11.6 Å². The van der Waals surface area contributed by atoms with Crippen molar-refractivity contribution in [1.29, 1.82) is 0 Å².